The molecule has 0 radical (unpaired) electrons. The molecule has 1 heterocycles. The van der Waals surface area contributed by atoms with E-state index in [1.807, 2.05) is 19.1 Å². The molecule has 2 rings (SSSR count). The fourth-order valence-corrected chi connectivity index (χ4v) is 1.79. The number of carbonyl (C=O) groups excluding carboxylic acids is 1. The number of nitro benzene ring substituents is 1. The van der Waals surface area contributed by atoms with Gasteiger partial charge in [0.2, 0.25) is 0 Å². The van der Waals surface area contributed by atoms with Crippen LogP contribution in [-0.4, -0.2) is 15.8 Å². The van der Waals surface area contributed by atoms with Crippen LogP contribution >= 0.6 is 0 Å². The van der Waals surface area contributed by atoms with Gasteiger partial charge in [0.15, 0.2) is 0 Å². The van der Waals surface area contributed by atoms with Gasteiger partial charge in [0.05, 0.1) is 17.2 Å². The summed E-state index contributed by atoms with van der Waals surface area (Å²) in [4.78, 5) is 26.5. The monoisotopic (exact) mass is 271 g/mol. The fraction of sp³-hybridized carbons (Fsp3) is 0.143. The zero-order chi connectivity index (χ0) is 14.5. The highest BCUT2D eigenvalue weighted by atomic mass is 16.6. The molecule has 0 fully saturated rings. The minimum atomic E-state index is -0.570. The van der Waals surface area contributed by atoms with Crippen LogP contribution in [0.15, 0.2) is 42.5 Å². The van der Waals surface area contributed by atoms with Crippen molar-refractivity contribution in [3.63, 3.8) is 0 Å². The lowest BCUT2D eigenvalue weighted by Crippen LogP contribution is -2.24. The van der Waals surface area contributed by atoms with Crippen LogP contribution in [0.2, 0.25) is 0 Å². The number of nitrogens with zero attached hydrogens (tertiary/aromatic N) is 2. The van der Waals surface area contributed by atoms with Gasteiger partial charge in [0.1, 0.15) is 5.56 Å². The highest BCUT2D eigenvalue weighted by Gasteiger charge is 2.18. The third kappa shape index (κ3) is 3.17. The Morgan fingerprint density at radius 1 is 1.25 bits per heavy atom. The predicted molar refractivity (Wildman–Crippen MR) is 73.2 cm³/mol. The summed E-state index contributed by atoms with van der Waals surface area (Å²) in [7, 11) is 0. The van der Waals surface area contributed by atoms with E-state index in [4.69, 9.17) is 0 Å². The molecule has 6 nitrogen and oxygen atoms in total. The van der Waals surface area contributed by atoms with E-state index in [1.54, 1.807) is 12.1 Å². The van der Waals surface area contributed by atoms with Crippen molar-refractivity contribution in [3.8, 4) is 0 Å². The second-order valence-corrected chi connectivity index (χ2v) is 4.23. The number of aryl methyl sites for hydroxylation is 1. The molecule has 0 aliphatic heterocycles. The smallest absolute Gasteiger partial charge is 0.282 e. The van der Waals surface area contributed by atoms with Crippen LogP contribution in [0.4, 0.5) is 5.69 Å². The molecule has 0 spiro atoms. The third-order valence-electron chi connectivity index (χ3n) is 2.72. The third-order valence-corrected chi connectivity index (χ3v) is 2.72. The van der Waals surface area contributed by atoms with Crippen LogP contribution in [0.1, 0.15) is 21.7 Å². The normalized spacial score (nSPS) is 10.1. The number of amides is 1. The standard InChI is InChI=1S/C14H13N3O3/c1-10-5-4-6-11(16-10)9-15-14(18)12-7-2-3-8-13(12)17(19)20/h2-8H,9H2,1H3,(H,15,18). The molecule has 1 N–H and O–H groups in total. The molecule has 1 amide bonds. The summed E-state index contributed by atoms with van der Waals surface area (Å²) in [5.74, 6) is -0.486. The molecule has 102 valence electrons. The Labute approximate surface area is 115 Å². The predicted octanol–water partition coefficient (Wildman–Crippen LogP) is 2.23. The van der Waals surface area contributed by atoms with Crippen LogP contribution in [-0.2, 0) is 6.54 Å². The number of rotatable bonds is 4. The lowest BCUT2D eigenvalue weighted by atomic mass is 10.1. The molecule has 2 aromatic rings. The van der Waals surface area contributed by atoms with Crippen LogP contribution < -0.4 is 5.32 Å². The number of para-hydroxylation sites is 1. The zero-order valence-electron chi connectivity index (χ0n) is 10.9. The molecular weight excluding hydrogens is 258 g/mol. The first-order valence-electron chi connectivity index (χ1n) is 6.02. The molecule has 0 saturated heterocycles. The largest absolute Gasteiger partial charge is 0.346 e. The Kier molecular flexibility index (Phi) is 4.05. The summed E-state index contributed by atoms with van der Waals surface area (Å²) in [6.07, 6.45) is 0. The molecule has 0 atom stereocenters. The van der Waals surface area contributed by atoms with Crippen molar-refractivity contribution in [2.75, 3.05) is 0 Å². The van der Waals surface area contributed by atoms with Crippen molar-refractivity contribution < 1.29 is 9.72 Å². The van der Waals surface area contributed by atoms with Crippen molar-refractivity contribution in [1.82, 2.24) is 10.3 Å². The molecule has 0 bridgehead atoms. The average Bonchev–Trinajstić information content (AvgIpc) is 2.45. The molecule has 0 aliphatic carbocycles. The quantitative estimate of drug-likeness (QED) is 0.682. The van der Waals surface area contributed by atoms with Crippen LogP contribution in [0, 0.1) is 17.0 Å². The number of aromatic nitrogens is 1. The lowest BCUT2D eigenvalue weighted by molar-refractivity contribution is -0.385. The Bertz CT molecular complexity index is 656. The van der Waals surface area contributed by atoms with E-state index in [9.17, 15) is 14.9 Å². The van der Waals surface area contributed by atoms with E-state index in [-0.39, 0.29) is 17.8 Å². The van der Waals surface area contributed by atoms with Crippen molar-refractivity contribution in [2.45, 2.75) is 13.5 Å². The average molecular weight is 271 g/mol. The molecule has 0 aliphatic rings. The van der Waals surface area contributed by atoms with Gasteiger partial charge in [-0.1, -0.05) is 18.2 Å². The van der Waals surface area contributed by atoms with Gasteiger partial charge in [-0.3, -0.25) is 19.9 Å². The van der Waals surface area contributed by atoms with Crippen LogP contribution in [0.25, 0.3) is 0 Å². The molecule has 0 unspecified atom stereocenters. The zero-order valence-corrected chi connectivity index (χ0v) is 10.9. The number of benzene rings is 1. The number of hydrogen-bond donors (Lipinski definition) is 1. The van der Waals surface area contributed by atoms with Gasteiger partial charge in [-0.05, 0) is 25.1 Å². The highest BCUT2D eigenvalue weighted by Crippen LogP contribution is 2.17. The van der Waals surface area contributed by atoms with E-state index in [1.165, 1.54) is 18.2 Å². The summed E-state index contributed by atoms with van der Waals surface area (Å²) in [5.41, 5.74) is 1.40. The van der Waals surface area contributed by atoms with Crippen molar-refractivity contribution in [1.29, 1.82) is 0 Å². The SMILES string of the molecule is Cc1cccc(CNC(=O)c2ccccc2[N+](=O)[O-])n1. The van der Waals surface area contributed by atoms with E-state index in [0.717, 1.165) is 5.69 Å². The maximum absolute atomic E-state index is 12.0. The molecule has 0 saturated carbocycles. The van der Waals surface area contributed by atoms with E-state index >= 15 is 0 Å². The lowest BCUT2D eigenvalue weighted by Gasteiger charge is -2.06. The van der Waals surface area contributed by atoms with E-state index in [2.05, 4.69) is 10.3 Å². The minimum Gasteiger partial charge on any atom is -0.346 e. The maximum atomic E-state index is 12.0. The first-order valence-corrected chi connectivity index (χ1v) is 6.02. The number of nitro groups is 1. The fourth-order valence-electron chi connectivity index (χ4n) is 1.79. The van der Waals surface area contributed by atoms with Gasteiger partial charge in [-0.2, -0.15) is 0 Å². The van der Waals surface area contributed by atoms with Gasteiger partial charge >= 0.3 is 0 Å². The Balaban J connectivity index is 2.11. The van der Waals surface area contributed by atoms with Crippen LogP contribution in [0.5, 0.6) is 0 Å². The van der Waals surface area contributed by atoms with Gasteiger partial charge in [-0.25, -0.2) is 0 Å². The Hall–Kier alpha value is -2.76. The van der Waals surface area contributed by atoms with E-state index in [0.29, 0.717) is 5.69 Å². The van der Waals surface area contributed by atoms with Gasteiger partial charge in [-0.15, -0.1) is 0 Å². The molecule has 1 aromatic heterocycles. The summed E-state index contributed by atoms with van der Waals surface area (Å²) < 4.78 is 0. The molecule has 20 heavy (non-hydrogen) atoms. The second kappa shape index (κ2) is 5.92. The van der Waals surface area contributed by atoms with Crippen molar-refractivity contribution in [3.05, 3.63) is 69.5 Å². The first kappa shape index (κ1) is 13.7. The summed E-state index contributed by atoms with van der Waals surface area (Å²) >= 11 is 0. The maximum Gasteiger partial charge on any atom is 0.282 e. The summed E-state index contributed by atoms with van der Waals surface area (Å²) in [6, 6.07) is 11.3. The molecule has 1 aromatic carbocycles. The van der Waals surface area contributed by atoms with Crippen molar-refractivity contribution >= 4 is 11.6 Å². The number of hydrogen-bond acceptors (Lipinski definition) is 4. The number of pyridine rings is 1. The second-order valence-electron chi connectivity index (χ2n) is 4.23. The topological polar surface area (TPSA) is 85.1 Å². The Morgan fingerprint density at radius 3 is 2.70 bits per heavy atom. The van der Waals surface area contributed by atoms with Gasteiger partial charge in [0.25, 0.3) is 11.6 Å². The van der Waals surface area contributed by atoms with Gasteiger partial charge < -0.3 is 5.32 Å². The number of carbonyl (C=O) groups is 1. The molecular formula is C14H13N3O3. The summed E-state index contributed by atoms with van der Waals surface area (Å²) in [5, 5.41) is 13.5. The molecule has 6 heteroatoms. The summed E-state index contributed by atoms with van der Waals surface area (Å²) in [6.45, 7) is 2.08. The van der Waals surface area contributed by atoms with Gasteiger partial charge in [0, 0.05) is 11.8 Å². The van der Waals surface area contributed by atoms with E-state index < -0.39 is 10.8 Å². The Morgan fingerprint density at radius 2 is 2.00 bits per heavy atom. The first-order chi connectivity index (χ1) is 9.58. The minimum absolute atomic E-state index is 0.0464. The number of nitrogens with one attached hydrogen (secondary N) is 1. The van der Waals surface area contributed by atoms with Crippen LogP contribution in [0.3, 0.4) is 0 Å². The highest BCUT2D eigenvalue weighted by molar-refractivity contribution is 5.98. The van der Waals surface area contributed by atoms with Crippen molar-refractivity contribution in [2.24, 2.45) is 0 Å².